The molecule has 2 atom stereocenters. The summed E-state index contributed by atoms with van der Waals surface area (Å²) in [6.45, 7) is 0. The van der Waals surface area contributed by atoms with E-state index in [1.807, 2.05) is 42.5 Å². The monoisotopic (exact) mass is 281 g/mol. The van der Waals surface area contributed by atoms with Gasteiger partial charge in [0, 0.05) is 5.56 Å². The van der Waals surface area contributed by atoms with Gasteiger partial charge in [-0.2, -0.15) is 0 Å². The molecule has 0 aliphatic carbocycles. The number of esters is 1. The number of nitrogens with one attached hydrogen (secondary N) is 1. The van der Waals surface area contributed by atoms with Gasteiger partial charge in [0.25, 0.3) is 5.91 Å². The van der Waals surface area contributed by atoms with Gasteiger partial charge in [0.2, 0.25) is 0 Å². The van der Waals surface area contributed by atoms with Crippen LogP contribution in [-0.4, -0.2) is 19.0 Å². The number of carbonyl (C=O) groups is 2. The SMILES string of the molecule is COC(=O)[C@H]1c2ccccc2C(=O)N[C@H]1c1ccccc1. The normalized spacial score (nSPS) is 20.3. The first-order chi connectivity index (χ1) is 10.2. The topological polar surface area (TPSA) is 55.4 Å². The number of hydrogen-bond donors (Lipinski definition) is 1. The number of hydrogen-bond acceptors (Lipinski definition) is 3. The zero-order valence-corrected chi connectivity index (χ0v) is 11.6. The third-order valence-corrected chi connectivity index (χ3v) is 3.77. The lowest BCUT2D eigenvalue weighted by atomic mass is 9.81. The van der Waals surface area contributed by atoms with Crippen LogP contribution in [0.1, 0.15) is 33.4 Å². The first-order valence-corrected chi connectivity index (χ1v) is 6.75. The molecule has 3 rings (SSSR count). The molecule has 0 fully saturated rings. The van der Waals surface area contributed by atoms with Crippen LogP contribution in [0.4, 0.5) is 0 Å². The standard InChI is InChI=1S/C17H15NO3/c1-21-17(20)14-12-9-5-6-10-13(12)16(19)18-15(14)11-7-3-2-4-8-11/h2-10,14-15H,1H3,(H,18,19)/t14-,15-/m0/s1. The van der Waals surface area contributed by atoms with E-state index in [1.165, 1.54) is 7.11 Å². The van der Waals surface area contributed by atoms with E-state index in [4.69, 9.17) is 4.74 Å². The van der Waals surface area contributed by atoms with E-state index in [2.05, 4.69) is 5.32 Å². The van der Waals surface area contributed by atoms with Gasteiger partial charge < -0.3 is 10.1 Å². The average Bonchev–Trinajstić information content (AvgIpc) is 2.55. The molecule has 0 radical (unpaired) electrons. The second-order valence-electron chi connectivity index (χ2n) is 4.95. The fourth-order valence-corrected chi connectivity index (χ4v) is 2.78. The Kier molecular flexibility index (Phi) is 3.44. The third kappa shape index (κ3) is 2.29. The zero-order valence-electron chi connectivity index (χ0n) is 11.6. The van der Waals surface area contributed by atoms with Crippen LogP contribution in [0.5, 0.6) is 0 Å². The molecule has 0 bridgehead atoms. The minimum absolute atomic E-state index is 0.167. The number of rotatable bonds is 2. The fraction of sp³-hybridized carbons (Fsp3) is 0.176. The molecule has 1 aliphatic rings. The van der Waals surface area contributed by atoms with Gasteiger partial charge in [0.1, 0.15) is 5.92 Å². The largest absolute Gasteiger partial charge is 0.468 e. The van der Waals surface area contributed by atoms with E-state index < -0.39 is 12.0 Å². The van der Waals surface area contributed by atoms with E-state index in [1.54, 1.807) is 12.1 Å². The smallest absolute Gasteiger partial charge is 0.315 e. The summed E-state index contributed by atoms with van der Waals surface area (Å²) in [6, 6.07) is 16.2. The highest BCUT2D eigenvalue weighted by Gasteiger charge is 2.39. The zero-order chi connectivity index (χ0) is 14.8. The van der Waals surface area contributed by atoms with E-state index in [0.717, 1.165) is 5.56 Å². The molecule has 0 unspecified atom stereocenters. The third-order valence-electron chi connectivity index (χ3n) is 3.77. The van der Waals surface area contributed by atoms with E-state index in [9.17, 15) is 9.59 Å². The van der Waals surface area contributed by atoms with Gasteiger partial charge in [0.05, 0.1) is 13.2 Å². The molecule has 0 saturated carbocycles. The highest BCUT2D eigenvalue weighted by atomic mass is 16.5. The van der Waals surface area contributed by atoms with Crippen LogP contribution < -0.4 is 5.32 Å². The van der Waals surface area contributed by atoms with Crippen molar-refractivity contribution in [1.29, 1.82) is 0 Å². The molecule has 1 N–H and O–H groups in total. The van der Waals surface area contributed by atoms with E-state index in [-0.39, 0.29) is 11.9 Å². The molecule has 1 amide bonds. The number of fused-ring (bicyclic) bond motifs is 1. The van der Waals surface area contributed by atoms with Crippen LogP contribution in [0.25, 0.3) is 0 Å². The molecule has 106 valence electrons. The van der Waals surface area contributed by atoms with Crippen molar-refractivity contribution in [2.45, 2.75) is 12.0 Å². The van der Waals surface area contributed by atoms with Gasteiger partial charge in [-0.1, -0.05) is 48.5 Å². The Balaban J connectivity index is 2.13. The van der Waals surface area contributed by atoms with Crippen molar-refractivity contribution in [3.8, 4) is 0 Å². The Morgan fingerprint density at radius 3 is 2.43 bits per heavy atom. The highest BCUT2D eigenvalue weighted by Crippen LogP contribution is 2.37. The molecule has 1 heterocycles. The van der Waals surface area contributed by atoms with Crippen molar-refractivity contribution in [3.05, 3.63) is 71.3 Å². The van der Waals surface area contributed by atoms with Gasteiger partial charge in [-0.25, -0.2) is 0 Å². The molecule has 0 spiro atoms. The molecular weight excluding hydrogens is 266 g/mol. The van der Waals surface area contributed by atoms with Gasteiger partial charge in [-0.15, -0.1) is 0 Å². The maximum Gasteiger partial charge on any atom is 0.315 e. The summed E-state index contributed by atoms with van der Waals surface area (Å²) in [5.74, 6) is -1.05. The minimum atomic E-state index is -0.536. The summed E-state index contributed by atoms with van der Waals surface area (Å²) in [5, 5.41) is 2.91. The molecule has 4 heteroatoms. The van der Waals surface area contributed by atoms with Gasteiger partial charge in [0.15, 0.2) is 0 Å². The number of amides is 1. The van der Waals surface area contributed by atoms with Crippen molar-refractivity contribution in [3.63, 3.8) is 0 Å². The summed E-state index contributed by atoms with van der Waals surface area (Å²) >= 11 is 0. The van der Waals surface area contributed by atoms with Gasteiger partial charge in [-0.05, 0) is 17.2 Å². The Bertz CT molecular complexity index is 681. The Labute approximate surface area is 122 Å². The fourth-order valence-electron chi connectivity index (χ4n) is 2.78. The molecule has 21 heavy (non-hydrogen) atoms. The van der Waals surface area contributed by atoms with Crippen LogP contribution >= 0.6 is 0 Å². The molecule has 2 aromatic carbocycles. The molecule has 4 nitrogen and oxygen atoms in total. The highest BCUT2D eigenvalue weighted by molar-refractivity contribution is 6.00. The van der Waals surface area contributed by atoms with Gasteiger partial charge in [-0.3, -0.25) is 9.59 Å². The lowest BCUT2D eigenvalue weighted by Crippen LogP contribution is -2.41. The quantitative estimate of drug-likeness (QED) is 0.860. The first-order valence-electron chi connectivity index (χ1n) is 6.75. The predicted octanol–water partition coefficient (Wildman–Crippen LogP) is 2.43. The molecule has 0 aromatic heterocycles. The minimum Gasteiger partial charge on any atom is -0.468 e. The average molecular weight is 281 g/mol. The molecular formula is C17H15NO3. The Morgan fingerprint density at radius 1 is 1.05 bits per heavy atom. The van der Waals surface area contributed by atoms with Crippen LogP contribution in [0.3, 0.4) is 0 Å². The second kappa shape index (κ2) is 5.40. The van der Waals surface area contributed by atoms with Crippen molar-refractivity contribution in [2.24, 2.45) is 0 Å². The van der Waals surface area contributed by atoms with Crippen molar-refractivity contribution < 1.29 is 14.3 Å². The summed E-state index contributed by atoms with van der Waals surface area (Å²) in [6.07, 6.45) is 0. The first kappa shape index (κ1) is 13.4. The lowest BCUT2D eigenvalue weighted by Gasteiger charge is -2.32. The van der Waals surface area contributed by atoms with Crippen molar-refractivity contribution in [1.82, 2.24) is 5.32 Å². The number of carbonyl (C=O) groups excluding carboxylic acids is 2. The van der Waals surface area contributed by atoms with Crippen LogP contribution in [0.2, 0.25) is 0 Å². The van der Waals surface area contributed by atoms with Crippen LogP contribution in [0.15, 0.2) is 54.6 Å². The number of ether oxygens (including phenoxy) is 1. The van der Waals surface area contributed by atoms with E-state index in [0.29, 0.717) is 11.1 Å². The Morgan fingerprint density at radius 2 is 1.71 bits per heavy atom. The second-order valence-corrected chi connectivity index (χ2v) is 4.95. The molecule has 0 saturated heterocycles. The summed E-state index contributed by atoms with van der Waals surface area (Å²) in [4.78, 5) is 24.5. The maximum absolute atomic E-state index is 12.3. The van der Waals surface area contributed by atoms with Crippen LogP contribution in [0, 0.1) is 0 Å². The molecule has 1 aliphatic heterocycles. The van der Waals surface area contributed by atoms with Crippen molar-refractivity contribution in [2.75, 3.05) is 7.11 Å². The van der Waals surface area contributed by atoms with E-state index >= 15 is 0 Å². The number of methoxy groups -OCH3 is 1. The Hall–Kier alpha value is -2.62. The molecule has 2 aromatic rings. The summed E-state index contributed by atoms with van der Waals surface area (Å²) < 4.78 is 4.94. The van der Waals surface area contributed by atoms with Crippen molar-refractivity contribution >= 4 is 11.9 Å². The summed E-state index contributed by atoms with van der Waals surface area (Å²) in [7, 11) is 1.36. The predicted molar refractivity (Wildman–Crippen MR) is 77.8 cm³/mol. The number of benzene rings is 2. The van der Waals surface area contributed by atoms with Gasteiger partial charge >= 0.3 is 5.97 Å². The lowest BCUT2D eigenvalue weighted by molar-refractivity contribution is -0.143. The van der Waals surface area contributed by atoms with Crippen LogP contribution in [-0.2, 0) is 9.53 Å². The summed E-state index contributed by atoms with van der Waals surface area (Å²) in [5.41, 5.74) is 2.12. The maximum atomic E-state index is 12.3.